The van der Waals surface area contributed by atoms with E-state index in [0.29, 0.717) is 19.6 Å². The van der Waals surface area contributed by atoms with Gasteiger partial charge >= 0.3 is 0 Å². The molecule has 2 aromatic carbocycles. The van der Waals surface area contributed by atoms with Crippen LogP contribution in [-0.4, -0.2) is 24.8 Å². The summed E-state index contributed by atoms with van der Waals surface area (Å²) in [4.78, 5) is 13.0. The van der Waals surface area contributed by atoms with E-state index in [1.165, 1.54) is 16.0 Å². The van der Waals surface area contributed by atoms with Crippen LogP contribution >= 0.6 is 11.8 Å². The molecule has 0 aliphatic rings. The Bertz CT molecular complexity index is 623. The summed E-state index contributed by atoms with van der Waals surface area (Å²) < 4.78 is 5.62. The largest absolute Gasteiger partial charge is 0.492 e. The van der Waals surface area contributed by atoms with Gasteiger partial charge in [-0.2, -0.15) is 0 Å². The van der Waals surface area contributed by atoms with E-state index < -0.39 is 0 Å². The Kier molecular flexibility index (Phi) is 7.69. The summed E-state index contributed by atoms with van der Waals surface area (Å²) in [6.45, 7) is 5.22. The fourth-order valence-electron chi connectivity index (χ4n) is 2.17. The summed E-state index contributed by atoms with van der Waals surface area (Å²) in [5.41, 5.74) is 2.54. The van der Waals surface area contributed by atoms with Gasteiger partial charge in [-0.3, -0.25) is 4.79 Å². The quantitative estimate of drug-likeness (QED) is 0.547. The normalized spacial score (nSPS) is 10.4. The molecule has 2 aromatic rings. The van der Waals surface area contributed by atoms with Crippen LogP contribution in [0.4, 0.5) is 0 Å². The van der Waals surface area contributed by atoms with E-state index in [2.05, 4.69) is 55.6 Å². The van der Waals surface area contributed by atoms with E-state index in [9.17, 15) is 4.79 Å². The van der Waals surface area contributed by atoms with Crippen LogP contribution in [0.2, 0.25) is 0 Å². The van der Waals surface area contributed by atoms with E-state index in [0.717, 1.165) is 17.9 Å². The van der Waals surface area contributed by atoms with Crippen LogP contribution < -0.4 is 10.1 Å². The highest BCUT2D eigenvalue weighted by molar-refractivity contribution is 7.99. The number of hydrogen-bond donors (Lipinski definition) is 1. The van der Waals surface area contributed by atoms with Crippen LogP contribution in [0.3, 0.4) is 0 Å². The van der Waals surface area contributed by atoms with Crippen LogP contribution in [0.15, 0.2) is 53.4 Å². The van der Waals surface area contributed by atoms with E-state index in [1.54, 1.807) is 11.8 Å². The van der Waals surface area contributed by atoms with Crippen molar-refractivity contribution in [3.8, 4) is 5.75 Å². The first-order valence-electron chi connectivity index (χ1n) is 8.35. The van der Waals surface area contributed by atoms with Crippen LogP contribution in [-0.2, 0) is 11.2 Å². The number of benzene rings is 2. The van der Waals surface area contributed by atoms with Crippen LogP contribution in [0, 0.1) is 6.92 Å². The smallest absolute Gasteiger partial charge is 0.220 e. The van der Waals surface area contributed by atoms with Gasteiger partial charge in [0.1, 0.15) is 12.4 Å². The second-order valence-electron chi connectivity index (χ2n) is 5.61. The molecule has 0 fully saturated rings. The average molecular weight is 343 g/mol. The van der Waals surface area contributed by atoms with Crippen molar-refractivity contribution in [1.29, 1.82) is 0 Å². The topological polar surface area (TPSA) is 38.3 Å². The number of carbonyl (C=O) groups is 1. The molecular formula is C20H25NO2S. The number of aryl methyl sites for hydroxylation is 2. The summed E-state index contributed by atoms with van der Waals surface area (Å²) in [5, 5.41) is 2.89. The Balaban J connectivity index is 1.56. The molecule has 3 nitrogen and oxygen atoms in total. The minimum absolute atomic E-state index is 0.0690. The fourth-order valence-corrected chi connectivity index (χ4v) is 3.02. The van der Waals surface area contributed by atoms with E-state index in [-0.39, 0.29) is 5.91 Å². The first-order chi connectivity index (χ1) is 11.7. The molecule has 0 unspecified atom stereocenters. The van der Waals surface area contributed by atoms with Gasteiger partial charge in [-0.25, -0.2) is 0 Å². The molecule has 1 amide bonds. The molecule has 2 rings (SSSR count). The Morgan fingerprint density at radius 2 is 1.79 bits per heavy atom. The minimum atomic E-state index is 0.0690. The van der Waals surface area contributed by atoms with Crippen molar-refractivity contribution >= 4 is 17.7 Å². The molecule has 4 heteroatoms. The molecule has 0 heterocycles. The zero-order valence-corrected chi connectivity index (χ0v) is 15.2. The number of thioether (sulfide) groups is 1. The van der Waals surface area contributed by atoms with Crippen molar-refractivity contribution in [1.82, 2.24) is 5.32 Å². The number of ether oxygens (including phenoxy) is 1. The van der Waals surface area contributed by atoms with Crippen molar-refractivity contribution in [2.24, 2.45) is 0 Å². The molecule has 0 aliphatic carbocycles. The van der Waals surface area contributed by atoms with Crippen molar-refractivity contribution < 1.29 is 9.53 Å². The molecule has 0 radical (unpaired) electrons. The van der Waals surface area contributed by atoms with Crippen molar-refractivity contribution in [3.05, 3.63) is 59.7 Å². The maximum atomic E-state index is 11.8. The lowest BCUT2D eigenvalue weighted by Gasteiger charge is -2.08. The van der Waals surface area contributed by atoms with Crippen molar-refractivity contribution in [2.75, 3.05) is 18.9 Å². The second kappa shape index (κ2) is 10.0. The first-order valence-corrected chi connectivity index (χ1v) is 9.34. The predicted molar refractivity (Wildman–Crippen MR) is 101 cm³/mol. The highest BCUT2D eigenvalue weighted by atomic mass is 32.2. The van der Waals surface area contributed by atoms with Gasteiger partial charge in [0, 0.05) is 17.1 Å². The molecule has 0 aliphatic heterocycles. The molecule has 128 valence electrons. The van der Waals surface area contributed by atoms with E-state index in [1.807, 2.05) is 12.1 Å². The van der Waals surface area contributed by atoms with E-state index in [4.69, 9.17) is 4.74 Å². The summed E-state index contributed by atoms with van der Waals surface area (Å²) in [6, 6.07) is 16.4. The molecule has 0 saturated heterocycles. The Morgan fingerprint density at radius 1 is 1.08 bits per heavy atom. The van der Waals surface area contributed by atoms with Crippen molar-refractivity contribution in [2.45, 2.75) is 31.6 Å². The van der Waals surface area contributed by atoms with Gasteiger partial charge in [0.15, 0.2) is 0 Å². The van der Waals surface area contributed by atoms with Crippen LogP contribution in [0.5, 0.6) is 5.75 Å². The summed E-state index contributed by atoms with van der Waals surface area (Å²) in [5.74, 6) is 1.70. The van der Waals surface area contributed by atoms with Crippen LogP contribution in [0.1, 0.15) is 24.5 Å². The lowest BCUT2D eigenvalue weighted by atomic mass is 10.2. The minimum Gasteiger partial charge on any atom is -0.492 e. The van der Waals surface area contributed by atoms with Gasteiger partial charge < -0.3 is 10.1 Å². The molecule has 1 N–H and O–H groups in total. The number of carbonyl (C=O) groups excluding carboxylic acids is 1. The Morgan fingerprint density at radius 3 is 2.46 bits per heavy atom. The zero-order chi connectivity index (χ0) is 17.2. The highest BCUT2D eigenvalue weighted by Gasteiger charge is 2.02. The van der Waals surface area contributed by atoms with Gasteiger partial charge in [-0.15, -0.1) is 11.8 Å². The summed E-state index contributed by atoms with van der Waals surface area (Å²) in [6.07, 6.45) is 1.54. The Hall–Kier alpha value is -1.94. The SMILES string of the molecule is CCc1ccc(OCCNC(=O)CCSc2ccc(C)cc2)cc1. The average Bonchev–Trinajstić information content (AvgIpc) is 2.61. The lowest BCUT2D eigenvalue weighted by molar-refractivity contribution is -0.120. The summed E-state index contributed by atoms with van der Waals surface area (Å²) >= 11 is 1.70. The van der Waals surface area contributed by atoms with Gasteiger partial charge in [0.05, 0.1) is 6.54 Å². The lowest BCUT2D eigenvalue weighted by Crippen LogP contribution is -2.28. The number of nitrogens with one attached hydrogen (secondary N) is 1. The molecule has 0 bridgehead atoms. The van der Waals surface area contributed by atoms with Crippen LogP contribution in [0.25, 0.3) is 0 Å². The zero-order valence-electron chi connectivity index (χ0n) is 14.4. The second-order valence-corrected chi connectivity index (χ2v) is 6.78. The fraction of sp³-hybridized carbons (Fsp3) is 0.350. The molecule has 0 atom stereocenters. The highest BCUT2D eigenvalue weighted by Crippen LogP contribution is 2.18. The molecule has 0 aromatic heterocycles. The van der Waals surface area contributed by atoms with Gasteiger partial charge in [0.2, 0.25) is 5.91 Å². The predicted octanol–water partition coefficient (Wildman–Crippen LogP) is 4.23. The standard InChI is InChI=1S/C20H25NO2S/c1-3-17-6-8-18(9-7-17)23-14-13-21-20(22)12-15-24-19-10-4-16(2)5-11-19/h4-11H,3,12-15H2,1-2H3,(H,21,22). The molecule has 0 spiro atoms. The molecule has 0 saturated carbocycles. The van der Waals surface area contributed by atoms with Gasteiger partial charge in [-0.05, 0) is 43.2 Å². The van der Waals surface area contributed by atoms with Gasteiger partial charge in [-0.1, -0.05) is 36.8 Å². The number of rotatable bonds is 9. The summed E-state index contributed by atoms with van der Waals surface area (Å²) in [7, 11) is 0. The first kappa shape index (κ1) is 18.4. The maximum Gasteiger partial charge on any atom is 0.220 e. The number of hydrogen-bond acceptors (Lipinski definition) is 3. The number of amides is 1. The maximum absolute atomic E-state index is 11.8. The molecule has 24 heavy (non-hydrogen) atoms. The van der Waals surface area contributed by atoms with E-state index >= 15 is 0 Å². The van der Waals surface area contributed by atoms with Gasteiger partial charge in [0.25, 0.3) is 0 Å². The monoisotopic (exact) mass is 343 g/mol. The Labute approximate surface area is 148 Å². The third kappa shape index (κ3) is 6.67. The third-order valence-corrected chi connectivity index (χ3v) is 4.66. The third-order valence-electron chi connectivity index (χ3n) is 3.64. The molecular weight excluding hydrogens is 318 g/mol. The van der Waals surface area contributed by atoms with Crippen molar-refractivity contribution in [3.63, 3.8) is 0 Å².